The lowest BCUT2D eigenvalue weighted by molar-refractivity contribution is 0.264. The summed E-state index contributed by atoms with van der Waals surface area (Å²) in [6.45, 7) is 0.121. The first-order valence-corrected chi connectivity index (χ1v) is 7.10. The van der Waals surface area contributed by atoms with Crippen molar-refractivity contribution in [3.8, 4) is 0 Å². The predicted octanol–water partition coefficient (Wildman–Crippen LogP) is 3.72. The van der Waals surface area contributed by atoms with Gasteiger partial charge < -0.3 is 10.0 Å². The van der Waals surface area contributed by atoms with Crippen molar-refractivity contribution >= 4 is 17.3 Å². The Kier molecular flexibility index (Phi) is 5.05. The normalized spacial score (nSPS) is 12.2. The zero-order valence-corrected chi connectivity index (χ0v) is 12.6. The highest BCUT2D eigenvalue weighted by Crippen LogP contribution is 2.24. The van der Waals surface area contributed by atoms with Gasteiger partial charge in [-0.05, 0) is 41.8 Å². The van der Waals surface area contributed by atoms with Crippen LogP contribution in [0.4, 0.5) is 5.69 Å². The van der Waals surface area contributed by atoms with Crippen molar-refractivity contribution in [1.82, 2.24) is 0 Å². The first-order chi connectivity index (χ1) is 9.60. The number of anilines is 1. The first kappa shape index (κ1) is 14.9. The molecule has 2 aromatic rings. The van der Waals surface area contributed by atoms with Gasteiger partial charge in [0.05, 0.1) is 6.61 Å². The molecule has 20 heavy (non-hydrogen) atoms. The van der Waals surface area contributed by atoms with Gasteiger partial charge in [0.25, 0.3) is 0 Å². The largest absolute Gasteiger partial charge is 0.396 e. The molecule has 106 valence electrons. The van der Waals surface area contributed by atoms with Crippen LogP contribution in [0.25, 0.3) is 0 Å². The molecule has 2 nitrogen and oxygen atoms in total. The van der Waals surface area contributed by atoms with Gasteiger partial charge in [0.2, 0.25) is 0 Å². The van der Waals surface area contributed by atoms with Crippen LogP contribution >= 0.6 is 11.6 Å². The summed E-state index contributed by atoms with van der Waals surface area (Å²) in [6, 6.07) is 16.1. The van der Waals surface area contributed by atoms with Crippen LogP contribution in [0.1, 0.15) is 17.0 Å². The molecule has 1 unspecified atom stereocenters. The molecule has 3 heteroatoms. The summed E-state index contributed by atoms with van der Waals surface area (Å²) in [5, 5.41) is 10.3. The monoisotopic (exact) mass is 289 g/mol. The number of nitrogens with zero attached hydrogens (tertiary/aromatic N) is 1. The lowest BCUT2D eigenvalue weighted by atomic mass is 9.92. The van der Waals surface area contributed by atoms with Gasteiger partial charge in [0.1, 0.15) is 0 Å². The third kappa shape index (κ3) is 3.75. The summed E-state index contributed by atoms with van der Waals surface area (Å²) in [6.07, 6.45) is 0.810. The fourth-order valence-corrected chi connectivity index (χ4v) is 2.46. The Bertz CT molecular complexity index is 551. The number of benzene rings is 2. The SMILES string of the molecule is CN(C)c1ccc(CC(CO)c2cccc(Cl)c2)cc1. The molecule has 0 radical (unpaired) electrons. The minimum absolute atomic E-state index is 0.0823. The molecule has 0 fully saturated rings. The quantitative estimate of drug-likeness (QED) is 0.907. The summed E-state index contributed by atoms with van der Waals surface area (Å²) >= 11 is 6.02. The van der Waals surface area contributed by atoms with E-state index in [1.165, 1.54) is 11.3 Å². The molecule has 1 atom stereocenters. The second kappa shape index (κ2) is 6.78. The molecule has 2 rings (SSSR count). The van der Waals surface area contributed by atoms with Crippen LogP contribution in [0, 0.1) is 0 Å². The summed E-state index contributed by atoms with van der Waals surface area (Å²) in [4.78, 5) is 2.07. The fourth-order valence-electron chi connectivity index (χ4n) is 2.26. The van der Waals surface area contributed by atoms with Gasteiger partial charge in [-0.3, -0.25) is 0 Å². The van der Waals surface area contributed by atoms with Crippen molar-refractivity contribution < 1.29 is 5.11 Å². The number of hydrogen-bond donors (Lipinski definition) is 1. The molecule has 0 aliphatic heterocycles. The van der Waals surface area contributed by atoms with Crippen molar-refractivity contribution in [1.29, 1.82) is 0 Å². The highest BCUT2D eigenvalue weighted by atomic mass is 35.5. The van der Waals surface area contributed by atoms with E-state index in [9.17, 15) is 5.11 Å². The molecule has 0 saturated carbocycles. The molecule has 1 N–H and O–H groups in total. The Morgan fingerprint density at radius 1 is 1.10 bits per heavy atom. The van der Waals surface area contributed by atoms with Crippen LogP contribution < -0.4 is 4.90 Å². The van der Waals surface area contributed by atoms with Gasteiger partial charge in [-0.2, -0.15) is 0 Å². The average molecular weight is 290 g/mol. The maximum absolute atomic E-state index is 9.62. The third-order valence-corrected chi connectivity index (χ3v) is 3.71. The Morgan fingerprint density at radius 2 is 1.80 bits per heavy atom. The number of hydrogen-bond acceptors (Lipinski definition) is 2. The van der Waals surface area contributed by atoms with E-state index in [0.29, 0.717) is 5.02 Å². The lowest BCUT2D eigenvalue weighted by Gasteiger charge is -2.17. The van der Waals surface area contributed by atoms with E-state index in [4.69, 9.17) is 11.6 Å². The van der Waals surface area contributed by atoms with Gasteiger partial charge >= 0.3 is 0 Å². The van der Waals surface area contributed by atoms with Crippen LogP contribution in [0.3, 0.4) is 0 Å². The van der Waals surface area contributed by atoms with Gasteiger partial charge in [-0.15, -0.1) is 0 Å². The molecule has 0 aliphatic rings. The van der Waals surface area contributed by atoms with Gasteiger partial charge in [0.15, 0.2) is 0 Å². The Balaban J connectivity index is 2.14. The Morgan fingerprint density at radius 3 is 2.35 bits per heavy atom. The van der Waals surface area contributed by atoms with Crippen molar-refractivity contribution in [3.63, 3.8) is 0 Å². The molecule has 0 aromatic heterocycles. The zero-order valence-electron chi connectivity index (χ0n) is 11.9. The average Bonchev–Trinajstić information content (AvgIpc) is 2.45. The summed E-state index contributed by atoms with van der Waals surface area (Å²) in [5.74, 6) is 0.0823. The molecule has 0 saturated heterocycles. The lowest BCUT2D eigenvalue weighted by Crippen LogP contribution is -2.10. The highest BCUT2D eigenvalue weighted by molar-refractivity contribution is 6.30. The van der Waals surface area contributed by atoms with Crippen LogP contribution in [-0.2, 0) is 6.42 Å². The van der Waals surface area contributed by atoms with Crippen LogP contribution in [0.15, 0.2) is 48.5 Å². The van der Waals surface area contributed by atoms with Crippen LogP contribution in [0.2, 0.25) is 5.02 Å². The minimum Gasteiger partial charge on any atom is -0.396 e. The fraction of sp³-hybridized carbons (Fsp3) is 0.294. The Labute approximate surface area is 125 Å². The van der Waals surface area contributed by atoms with Gasteiger partial charge in [-0.25, -0.2) is 0 Å². The van der Waals surface area contributed by atoms with E-state index >= 15 is 0 Å². The van der Waals surface area contributed by atoms with E-state index < -0.39 is 0 Å². The maximum atomic E-state index is 9.62. The van der Waals surface area contributed by atoms with E-state index in [2.05, 4.69) is 29.2 Å². The van der Waals surface area contributed by atoms with E-state index in [1.807, 2.05) is 38.4 Å². The van der Waals surface area contributed by atoms with E-state index in [1.54, 1.807) is 0 Å². The van der Waals surface area contributed by atoms with Crippen molar-refractivity contribution in [2.75, 3.05) is 25.6 Å². The molecular weight excluding hydrogens is 270 g/mol. The third-order valence-electron chi connectivity index (χ3n) is 3.48. The van der Waals surface area contributed by atoms with Crippen molar-refractivity contribution in [2.45, 2.75) is 12.3 Å². The summed E-state index contributed by atoms with van der Waals surface area (Å²) in [5.41, 5.74) is 3.48. The zero-order chi connectivity index (χ0) is 14.5. The molecule has 0 spiro atoms. The maximum Gasteiger partial charge on any atom is 0.0502 e. The minimum atomic E-state index is 0.0823. The number of aliphatic hydroxyl groups is 1. The number of rotatable bonds is 5. The first-order valence-electron chi connectivity index (χ1n) is 6.72. The predicted molar refractivity (Wildman–Crippen MR) is 85.8 cm³/mol. The van der Waals surface area contributed by atoms with Gasteiger partial charge in [0, 0.05) is 30.7 Å². The molecule has 2 aromatic carbocycles. The van der Waals surface area contributed by atoms with E-state index in [0.717, 1.165) is 12.0 Å². The second-order valence-corrected chi connectivity index (χ2v) is 5.64. The number of aliphatic hydroxyl groups excluding tert-OH is 1. The standard InChI is InChI=1S/C17H20ClNO/c1-19(2)17-8-6-13(7-9-17)10-15(12-20)14-4-3-5-16(18)11-14/h3-9,11,15,20H,10,12H2,1-2H3. The highest BCUT2D eigenvalue weighted by Gasteiger charge is 2.12. The molecule has 0 bridgehead atoms. The summed E-state index contributed by atoms with van der Waals surface area (Å²) in [7, 11) is 4.05. The molecular formula is C17H20ClNO. The topological polar surface area (TPSA) is 23.5 Å². The second-order valence-electron chi connectivity index (χ2n) is 5.20. The van der Waals surface area contributed by atoms with Crippen molar-refractivity contribution in [2.24, 2.45) is 0 Å². The van der Waals surface area contributed by atoms with Crippen molar-refractivity contribution in [3.05, 3.63) is 64.7 Å². The molecule has 0 heterocycles. The summed E-state index contributed by atoms with van der Waals surface area (Å²) < 4.78 is 0. The van der Waals surface area contributed by atoms with Crippen LogP contribution in [0.5, 0.6) is 0 Å². The van der Waals surface area contributed by atoms with Gasteiger partial charge in [-0.1, -0.05) is 35.9 Å². The number of halogens is 1. The smallest absolute Gasteiger partial charge is 0.0502 e. The molecule has 0 aliphatic carbocycles. The Hall–Kier alpha value is -1.51. The van der Waals surface area contributed by atoms with Crippen LogP contribution in [-0.4, -0.2) is 25.8 Å². The van der Waals surface area contributed by atoms with E-state index in [-0.39, 0.29) is 12.5 Å². The molecule has 0 amide bonds.